The van der Waals surface area contributed by atoms with Gasteiger partial charge in [0, 0.05) is 58.9 Å². The Morgan fingerprint density at radius 3 is 1.94 bits per heavy atom. The summed E-state index contributed by atoms with van der Waals surface area (Å²) < 4.78 is 71.2. The molecular formula is C35H34N6O11S2. The van der Waals surface area contributed by atoms with Gasteiger partial charge >= 0.3 is 12.1 Å². The number of hydrogen-bond donors (Lipinski definition) is 6. The van der Waals surface area contributed by atoms with Crippen molar-refractivity contribution in [3.8, 4) is 5.75 Å². The second-order valence-electron chi connectivity index (χ2n) is 12.9. The first-order valence-corrected chi connectivity index (χ1v) is 18.9. The number of pyridine rings is 2. The number of carbonyl (C=O) groups excluding carboxylic acids is 2. The number of nitrogens with one attached hydrogen (secondary N) is 4. The summed E-state index contributed by atoms with van der Waals surface area (Å²) in [5, 5.41) is 26.5. The Bertz CT molecular complexity index is 2630. The Morgan fingerprint density at radius 1 is 0.759 bits per heavy atom. The van der Waals surface area contributed by atoms with Gasteiger partial charge in [-0.05, 0) is 50.6 Å². The molecule has 6 rings (SSSR count). The molecule has 0 aliphatic heterocycles. The standard InChI is InChI=1S/C35H34N6O11S2/c1-34(2,44)22-14-28(51-18-22)53(46,47)40-32(42)38-26-10-9-21(25-8-6-12-37-31(25)26)17-35(3,45)23-15-29(52-19-23)54(48,49)41-33(43)39-27-16-24(50-4)13-20-7-5-11-36-30(20)27/h5-16,18-19,44-45H,17H2,1-4H3,(H2,38,40,42)(H2,39,41,43). The number of amides is 4. The molecule has 0 bridgehead atoms. The number of anilines is 2. The minimum Gasteiger partial charge on any atom is -0.497 e. The Hall–Kier alpha value is -6.02. The molecule has 2 aromatic carbocycles. The fourth-order valence-electron chi connectivity index (χ4n) is 5.50. The largest absolute Gasteiger partial charge is 0.497 e. The van der Waals surface area contributed by atoms with E-state index >= 15 is 0 Å². The van der Waals surface area contributed by atoms with Crippen LogP contribution in [0.2, 0.25) is 0 Å². The zero-order valence-electron chi connectivity index (χ0n) is 29.1. The van der Waals surface area contributed by atoms with Crippen LogP contribution in [0, 0.1) is 0 Å². The van der Waals surface area contributed by atoms with Crippen LogP contribution in [-0.2, 0) is 37.7 Å². The number of nitrogens with zero attached hydrogens (tertiary/aromatic N) is 2. The summed E-state index contributed by atoms with van der Waals surface area (Å²) in [4.78, 5) is 34.2. The van der Waals surface area contributed by atoms with Crippen LogP contribution in [0.4, 0.5) is 21.0 Å². The smallest absolute Gasteiger partial charge is 0.333 e. The number of benzene rings is 2. The lowest BCUT2D eigenvalue weighted by atomic mass is 9.89. The van der Waals surface area contributed by atoms with Crippen molar-refractivity contribution in [2.45, 2.75) is 48.6 Å². The van der Waals surface area contributed by atoms with Gasteiger partial charge in [0.25, 0.3) is 20.0 Å². The molecular weight excluding hydrogens is 745 g/mol. The molecule has 19 heteroatoms. The van der Waals surface area contributed by atoms with Crippen molar-refractivity contribution in [3.05, 3.63) is 102 Å². The molecule has 4 aromatic heterocycles. The predicted octanol–water partition coefficient (Wildman–Crippen LogP) is 4.68. The Morgan fingerprint density at radius 2 is 1.33 bits per heavy atom. The van der Waals surface area contributed by atoms with Crippen molar-refractivity contribution >= 4 is 65.3 Å². The maximum Gasteiger partial charge on any atom is 0.333 e. The van der Waals surface area contributed by atoms with Crippen LogP contribution in [0.1, 0.15) is 37.5 Å². The maximum absolute atomic E-state index is 13.1. The third kappa shape index (κ3) is 7.98. The molecule has 6 aromatic rings. The molecule has 1 atom stereocenters. The number of carbonyl (C=O) groups is 2. The molecule has 54 heavy (non-hydrogen) atoms. The van der Waals surface area contributed by atoms with Gasteiger partial charge in [-0.2, -0.15) is 16.8 Å². The van der Waals surface area contributed by atoms with Crippen molar-refractivity contribution in [1.29, 1.82) is 0 Å². The van der Waals surface area contributed by atoms with Crippen LogP contribution < -0.4 is 24.8 Å². The van der Waals surface area contributed by atoms with Crippen LogP contribution in [0.15, 0.2) is 105 Å². The van der Waals surface area contributed by atoms with Gasteiger partial charge in [-0.3, -0.25) is 9.97 Å². The van der Waals surface area contributed by atoms with E-state index in [0.717, 1.165) is 24.7 Å². The van der Waals surface area contributed by atoms with Crippen molar-refractivity contribution < 1.29 is 50.2 Å². The molecule has 0 spiro atoms. The quantitative estimate of drug-likeness (QED) is 0.105. The number of furan rings is 2. The van der Waals surface area contributed by atoms with Gasteiger partial charge in [-0.1, -0.05) is 18.2 Å². The van der Waals surface area contributed by atoms with Gasteiger partial charge < -0.3 is 34.4 Å². The van der Waals surface area contributed by atoms with Gasteiger partial charge in [0.15, 0.2) is 0 Å². The number of methoxy groups -OCH3 is 1. The third-order valence-corrected chi connectivity index (χ3v) is 10.7. The van der Waals surface area contributed by atoms with Gasteiger partial charge in [0.1, 0.15) is 5.75 Å². The van der Waals surface area contributed by atoms with E-state index in [0.29, 0.717) is 27.6 Å². The topological polar surface area (TPSA) is 252 Å². The summed E-state index contributed by atoms with van der Waals surface area (Å²) in [5.74, 6) is 0.408. The number of urea groups is 2. The van der Waals surface area contributed by atoms with Gasteiger partial charge in [-0.25, -0.2) is 19.0 Å². The molecule has 4 heterocycles. The SMILES string of the molecule is COc1cc(NC(=O)NS(=O)(=O)c2cc(C(C)(O)Cc3ccc(NC(=O)NS(=O)(=O)c4cc(C(C)(C)O)co4)c4ncccc34)co2)c2ncccc2c1. The first-order valence-electron chi connectivity index (χ1n) is 16.0. The molecule has 282 valence electrons. The van der Waals surface area contributed by atoms with E-state index in [9.17, 15) is 36.6 Å². The van der Waals surface area contributed by atoms with E-state index in [1.54, 1.807) is 36.4 Å². The van der Waals surface area contributed by atoms with Crippen LogP contribution in [-0.4, -0.2) is 56.2 Å². The number of aromatic nitrogens is 2. The molecule has 0 saturated carbocycles. The molecule has 0 fully saturated rings. The normalized spacial score (nSPS) is 13.3. The number of fused-ring (bicyclic) bond motifs is 2. The van der Waals surface area contributed by atoms with Crippen LogP contribution in [0.3, 0.4) is 0 Å². The third-order valence-electron chi connectivity index (χ3n) is 8.27. The second kappa shape index (κ2) is 14.1. The van der Waals surface area contributed by atoms with Crippen molar-refractivity contribution in [3.63, 3.8) is 0 Å². The van der Waals surface area contributed by atoms with Crippen molar-refractivity contribution in [2.24, 2.45) is 0 Å². The van der Waals surface area contributed by atoms with Gasteiger partial charge in [0.05, 0.1) is 53.2 Å². The lowest BCUT2D eigenvalue weighted by molar-refractivity contribution is 0.0573. The van der Waals surface area contributed by atoms with Gasteiger partial charge in [0.2, 0.25) is 10.2 Å². The molecule has 0 aliphatic rings. The fourth-order valence-corrected chi connectivity index (χ4v) is 7.20. The van der Waals surface area contributed by atoms with Crippen molar-refractivity contribution in [1.82, 2.24) is 19.4 Å². The minimum absolute atomic E-state index is 0.0702. The first kappa shape index (κ1) is 37.7. The molecule has 0 saturated heterocycles. The van der Waals surface area contributed by atoms with Crippen molar-refractivity contribution in [2.75, 3.05) is 17.7 Å². The Kier molecular flexibility index (Phi) is 9.84. The molecule has 1 unspecified atom stereocenters. The minimum atomic E-state index is -4.56. The summed E-state index contributed by atoms with van der Waals surface area (Å²) in [5.41, 5.74) is -1.33. The maximum atomic E-state index is 13.1. The summed E-state index contributed by atoms with van der Waals surface area (Å²) in [7, 11) is -7.57. The van der Waals surface area contributed by atoms with E-state index < -0.39 is 53.5 Å². The molecule has 0 aliphatic carbocycles. The summed E-state index contributed by atoms with van der Waals surface area (Å²) in [6, 6.07) is 12.9. The zero-order valence-corrected chi connectivity index (χ0v) is 30.7. The van der Waals surface area contributed by atoms with Crippen LogP contribution >= 0.6 is 0 Å². The van der Waals surface area contributed by atoms with E-state index in [4.69, 9.17) is 13.6 Å². The Labute approximate surface area is 308 Å². The lowest BCUT2D eigenvalue weighted by Crippen LogP contribution is -2.34. The highest BCUT2D eigenvalue weighted by molar-refractivity contribution is 7.90. The van der Waals surface area contributed by atoms with Crippen LogP contribution in [0.25, 0.3) is 21.8 Å². The lowest BCUT2D eigenvalue weighted by Gasteiger charge is -2.23. The summed E-state index contributed by atoms with van der Waals surface area (Å²) >= 11 is 0. The monoisotopic (exact) mass is 778 g/mol. The second-order valence-corrected chi connectivity index (χ2v) is 16.1. The highest BCUT2D eigenvalue weighted by Crippen LogP contribution is 2.34. The first-order chi connectivity index (χ1) is 25.4. The summed E-state index contributed by atoms with van der Waals surface area (Å²) in [6.07, 6.45) is 5.00. The molecule has 0 radical (unpaired) electrons. The number of aliphatic hydroxyl groups is 2. The van der Waals surface area contributed by atoms with E-state index in [-0.39, 0.29) is 34.4 Å². The molecule has 17 nitrogen and oxygen atoms in total. The molecule has 6 N–H and O–H groups in total. The Balaban J connectivity index is 1.16. The average molecular weight is 779 g/mol. The van der Waals surface area contributed by atoms with E-state index in [1.807, 2.05) is 9.44 Å². The predicted molar refractivity (Wildman–Crippen MR) is 195 cm³/mol. The van der Waals surface area contributed by atoms with Crippen LogP contribution in [0.5, 0.6) is 5.75 Å². The number of hydrogen-bond acceptors (Lipinski definition) is 13. The van der Waals surface area contributed by atoms with E-state index in [2.05, 4.69) is 20.6 Å². The summed E-state index contributed by atoms with van der Waals surface area (Å²) in [6.45, 7) is 4.32. The van der Waals surface area contributed by atoms with Gasteiger partial charge in [-0.15, -0.1) is 0 Å². The molecule has 4 amide bonds. The number of rotatable bonds is 11. The number of ether oxygens (including phenoxy) is 1. The average Bonchev–Trinajstić information content (AvgIpc) is 3.82. The highest BCUT2D eigenvalue weighted by atomic mass is 32.2. The number of sulfonamides is 2. The fraction of sp³-hybridized carbons (Fsp3) is 0.200. The zero-order chi connectivity index (χ0) is 39.1. The van der Waals surface area contributed by atoms with E-state index in [1.165, 1.54) is 52.4 Å². The highest BCUT2D eigenvalue weighted by Gasteiger charge is 2.31.